The van der Waals surface area contributed by atoms with Crippen molar-refractivity contribution in [1.82, 2.24) is 19.8 Å². The molecule has 188 valence electrons. The second-order valence-corrected chi connectivity index (χ2v) is 8.49. The van der Waals surface area contributed by atoms with E-state index in [0.29, 0.717) is 30.2 Å². The van der Waals surface area contributed by atoms with Gasteiger partial charge in [0.15, 0.2) is 0 Å². The Balaban J connectivity index is 1.39. The van der Waals surface area contributed by atoms with Crippen LogP contribution in [-0.4, -0.2) is 71.1 Å². The number of nitrogens with two attached hydrogens (primary N) is 1. The van der Waals surface area contributed by atoms with Crippen LogP contribution in [0.4, 0.5) is 21.9 Å². The number of anilines is 3. The number of pyridine rings is 2. The number of para-hydroxylation sites is 2. The number of amides is 3. The number of nitrogens with zero attached hydrogens (tertiary/aromatic N) is 4. The highest BCUT2D eigenvalue weighted by molar-refractivity contribution is 6.04. The van der Waals surface area contributed by atoms with Crippen molar-refractivity contribution in [3.05, 3.63) is 78.4 Å². The molecule has 1 aliphatic rings. The lowest BCUT2D eigenvalue weighted by Gasteiger charge is -2.28. The fourth-order valence-electron chi connectivity index (χ4n) is 3.87. The van der Waals surface area contributed by atoms with Gasteiger partial charge in [-0.3, -0.25) is 19.7 Å². The molecule has 1 aromatic carbocycles. The Kier molecular flexibility index (Phi) is 8.79. The Labute approximate surface area is 210 Å². The van der Waals surface area contributed by atoms with Gasteiger partial charge >= 0.3 is 6.03 Å². The van der Waals surface area contributed by atoms with Gasteiger partial charge in [-0.25, -0.2) is 4.79 Å². The molecular weight excluding hydrogens is 458 g/mol. The van der Waals surface area contributed by atoms with Crippen LogP contribution >= 0.6 is 0 Å². The average Bonchev–Trinajstić information content (AvgIpc) is 2.91. The molecule has 1 saturated heterocycles. The first kappa shape index (κ1) is 25.1. The van der Waals surface area contributed by atoms with Crippen molar-refractivity contribution in [1.29, 1.82) is 0 Å². The van der Waals surface area contributed by atoms with E-state index in [-0.39, 0.29) is 17.6 Å². The Morgan fingerprint density at radius 2 is 1.81 bits per heavy atom. The molecule has 0 bridgehead atoms. The summed E-state index contributed by atoms with van der Waals surface area (Å²) in [4.78, 5) is 38.1. The van der Waals surface area contributed by atoms with E-state index < -0.39 is 0 Å². The van der Waals surface area contributed by atoms with Crippen molar-refractivity contribution in [2.24, 2.45) is 0 Å². The van der Waals surface area contributed by atoms with Crippen molar-refractivity contribution in [2.75, 3.05) is 55.8 Å². The average molecular weight is 490 g/mol. The fourth-order valence-corrected chi connectivity index (χ4v) is 3.87. The fraction of sp³-hybridized carbons (Fsp3) is 0.308. The van der Waals surface area contributed by atoms with Crippen LogP contribution in [-0.2, 0) is 11.3 Å². The van der Waals surface area contributed by atoms with Gasteiger partial charge in [0.1, 0.15) is 5.69 Å². The van der Waals surface area contributed by atoms with Crippen molar-refractivity contribution >= 4 is 29.0 Å². The molecular formula is C26H31N7O3. The van der Waals surface area contributed by atoms with Gasteiger partial charge in [0, 0.05) is 57.0 Å². The smallest absolute Gasteiger partial charge is 0.322 e. The topological polar surface area (TPSA) is 126 Å². The SMILES string of the molecule is Nc1ccccc1NC(=O)c1ccc(CN(CCCN2CCOCC2)C(=O)Nc2ccncc2)cn1. The number of aromatic nitrogens is 2. The van der Waals surface area contributed by atoms with E-state index in [0.717, 1.165) is 44.8 Å². The second-order valence-electron chi connectivity index (χ2n) is 8.49. The largest absolute Gasteiger partial charge is 0.397 e. The van der Waals surface area contributed by atoms with Gasteiger partial charge in [0.2, 0.25) is 0 Å². The van der Waals surface area contributed by atoms with E-state index in [9.17, 15) is 9.59 Å². The third-order valence-corrected chi connectivity index (χ3v) is 5.86. The maximum Gasteiger partial charge on any atom is 0.322 e. The highest BCUT2D eigenvalue weighted by Gasteiger charge is 2.17. The lowest BCUT2D eigenvalue weighted by molar-refractivity contribution is 0.0365. The molecule has 0 saturated carbocycles. The molecule has 3 amide bonds. The summed E-state index contributed by atoms with van der Waals surface area (Å²) in [6.45, 7) is 5.13. The third kappa shape index (κ3) is 7.24. The molecule has 4 rings (SSSR count). The minimum absolute atomic E-state index is 0.204. The van der Waals surface area contributed by atoms with Crippen LogP contribution in [0.3, 0.4) is 0 Å². The zero-order chi connectivity index (χ0) is 25.2. The first-order valence-corrected chi connectivity index (χ1v) is 12.0. The lowest BCUT2D eigenvalue weighted by atomic mass is 10.2. The Hall–Kier alpha value is -4.02. The number of rotatable bonds is 9. The number of hydrogen-bond acceptors (Lipinski definition) is 7. The molecule has 10 heteroatoms. The zero-order valence-corrected chi connectivity index (χ0v) is 20.1. The summed E-state index contributed by atoms with van der Waals surface area (Å²) in [6.07, 6.45) is 5.72. The number of morpholine rings is 1. The Bertz CT molecular complexity index is 1140. The minimum Gasteiger partial charge on any atom is -0.397 e. The molecule has 36 heavy (non-hydrogen) atoms. The molecule has 0 unspecified atom stereocenters. The van der Waals surface area contributed by atoms with E-state index in [1.165, 1.54) is 0 Å². The van der Waals surface area contributed by atoms with Gasteiger partial charge in [-0.1, -0.05) is 18.2 Å². The standard InChI is InChI=1S/C26H31N7O3/c27-22-4-1-2-5-23(22)31-25(34)24-7-6-20(18-29-24)19-33(13-3-12-32-14-16-36-17-15-32)26(35)30-21-8-10-28-11-9-21/h1-2,4-11,18H,3,12-17,19,27H2,(H,31,34)(H,28,30,35). The van der Waals surface area contributed by atoms with Crippen LogP contribution in [0.5, 0.6) is 0 Å². The summed E-state index contributed by atoms with van der Waals surface area (Å²) in [7, 11) is 0. The molecule has 3 aromatic rings. The van der Waals surface area contributed by atoms with Crippen molar-refractivity contribution in [2.45, 2.75) is 13.0 Å². The van der Waals surface area contributed by atoms with Crippen molar-refractivity contribution < 1.29 is 14.3 Å². The second kappa shape index (κ2) is 12.6. The van der Waals surface area contributed by atoms with Crippen LogP contribution in [0.15, 0.2) is 67.1 Å². The van der Waals surface area contributed by atoms with E-state index in [1.807, 2.05) is 6.07 Å². The normalized spacial score (nSPS) is 13.7. The van der Waals surface area contributed by atoms with Crippen LogP contribution in [0.2, 0.25) is 0 Å². The maximum atomic E-state index is 13.1. The van der Waals surface area contributed by atoms with Crippen LogP contribution < -0.4 is 16.4 Å². The molecule has 0 radical (unpaired) electrons. The molecule has 4 N–H and O–H groups in total. The number of carbonyl (C=O) groups excluding carboxylic acids is 2. The van der Waals surface area contributed by atoms with Crippen LogP contribution in [0.1, 0.15) is 22.5 Å². The first-order chi connectivity index (χ1) is 17.6. The number of nitrogen functional groups attached to an aromatic ring is 1. The molecule has 2 aromatic heterocycles. The van der Waals surface area contributed by atoms with E-state index in [1.54, 1.807) is 66.0 Å². The molecule has 3 heterocycles. The predicted molar refractivity (Wildman–Crippen MR) is 139 cm³/mol. The first-order valence-electron chi connectivity index (χ1n) is 12.0. The molecule has 1 fully saturated rings. The summed E-state index contributed by atoms with van der Waals surface area (Å²) >= 11 is 0. The molecule has 0 spiro atoms. The summed E-state index contributed by atoms with van der Waals surface area (Å²) in [5.41, 5.74) is 8.69. The molecule has 0 atom stereocenters. The quantitative estimate of drug-likeness (QED) is 0.394. The number of nitrogens with one attached hydrogen (secondary N) is 2. The predicted octanol–water partition coefficient (Wildman–Crippen LogP) is 3.07. The highest BCUT2D eigenvalue weighted by atomic mass is 16.5. The van der Waals surface area contributed by atoms with Crippen LogP contribution in [0.25, 0.3) is 0 Å². The summed E-state index contributed by atoms with van der Waals surface area (Å²) in [6, 6.07) is 13.8. The number of benzene rings is 1. The van der Waals surface area contributed by atoms with E-state index in [4.69, 9.17) is 10.5 Å². The Morgan fingerprint density at radius 1 is 1.03 bits per heavy atom. The van der Waals surface area contributed by atoms with Gasteiger partial charge in [-0.2, -0.15) is 0 Å². The Morgan fingerprint density at radius 3 is 2.53 bits per heavy atom. The van der Waals surface area contributed by atoms with E-state index >= 15 is 0 Å². The maximum absolute atomic E-state index is 13.1. The monoisotopic (exact) mass is 489 g/mol. The summed E-state index contributed by atoms with van der Waals surface area (Å²) in [5.74, 6) is -0.350. The number of carbonyl (C=O) groups is 2. The van der Waals surface area contributed by atoms with Gasteiger partial charge in [-0.05, 0) is 42.3 Å². The highest BCUT2D eigenvalue weighted by Crippen LogP contribution is 2.18. The molecule has 0 aliphatic carbocycles. The lowest BCUT2D eigenvalue weighted by Crippen LogP contribution is -2.40. The van der Waals surface area contributed by atoms with Gasteiger partial charge in [0.25, 0.3) is 5.91 Å². The minimum atomic E-state index is -0.350. The van der Waals surface area contributed by atoms with Crippen molar-refractivity contribution in [3.8, 4) is 0 Å². The van der Waals surface area contributed by atoms with Crippen LogP contribution in [0, 0.1) is 0 Å². The molecule has 1 aliphatic heterocycles. The number of hydrogen-bond donors (Lipinski definition) is 3. The van der Waals surface area contributed by atoms with Gasteiger partial charge < -0.3 is 26.0 Å². The van der Waals surface area contributed by atoms with E-state index in [2.05, 4.69) is 25.5 Å². The summed E-state index contributed by atoms with van der Waals surface area (Å²) in [5, 5.41) is 5.70. The van der Waals surface area contributed by atoms with Gasteiger partial charge in [0.05, 0.1) is 24.6 Å². The summed E-state index contributed by atoms with van der Waals surface area (Å²) < 4.78 is 5.41. The van der Waals surface area contributed by atoms with Crippen molar-refractivity contribution in [3.63, 3.8) is 0 Å². The number of ether oxygens (including phenoxy) is 1. The molecule has 10 nitrogen and oxygen atoms in total. The van der Waals surface area contributed by atoms with Gasteiger partial charge in [-0.15, -0.1) is 0 Å². The number of urea groups is 1. The zero-order valence-electron chi connectivity index (χ0n) is 20.1. The third-order valence-electron chi connectivity index (χ3n) is 5.86.